The molecule has 0 amide bonds. The molecule has 1 aromatic rings. The van der Waals surface area contributed by atoms with Crippen molar-refractivity contribution in [3.05, 3.63) is 35.9 Å². The van der Waals surface area contributed by atoms with Gasteiger partial charge in [0.2, 0.25) is 0 Å². The van der Waals surface area contributed by atoms with E-state index in [2.05, 4.69) is 31.3 Å². The van der Waals surface area contributed by atoms with Gasteiger partial charge in [-0.25, -0.2) is 0 Å². The van der Waals surface area contributed by atoms with Gasteiger partial charge < -0.3 is 4.48 Å². The third kappa shape index (κ3) is 4.68. The first kappa shape index (κ1) is 13.2. The number of hydrogen-bond donors (Lipinski definition) is 0. The summed E-state index contributed by atoms with van der Waals surface area (Å²) in [6, 6.07) is 14.6. The lowest BCUT2D eigenvalue weighted by Crippen LogP contribution is -2.44. The van der Waals surface area contributed by atoms with Crippen molar-refractivity contribution in [3.8, 4) is 12.1 Å². The van der Waals surface area contributed by atoms with Crippen molar-refractivity contribution in [2.45, 2.75) is 19.4 Å². The summed E-state index contributed by atoms with van der Waals surface area (Å²) in [4.78, 5) is 0. The minimum Gasteiger partial charge on any atom is -0.321 e. The van der Waals surface area contributed by atoms with Crippen LogP contribution < -0.4 is 0 Å². The number of benzene rings is 1. The highest BCUT2D eigenvalue weighted by molar-refractivity contribution is 5.13. The van der Waals surface area contributed by atoms with Crippen molar-refractivity contribution in [1.29, 1.82) is 10.5 Å². The summed E-state index contributed by atoms with van der Waals surface area (Å²) in [6.45, 7) is 2.48. The van der Waals surface area contributed by atoms with Crippen LogP contribution in [0.2, 0.25) is 0 Å². The van der Waals surface area contributed by atoms with E-state index in [1.54, 1.807) is 0 Å². The Bertz CT molecular complexity index is 393. The fourth-order valence-corrected chi connectivity index (χ4v) is 1.93. The molecule has 1 rings (SSSR count). The lowest BCUT2D eigenvalue weighted by atomic mass is 10.1. The Morgan fingerprint density at radius 2 is 1.53 bits per heavy atom. The van der Waals surface area contributed by atoms with Crippen LogP contribution in [-0.4, -0.2) is 24.6 Å². The third-order valence-corrected chi connectivity index (χ3v) is 2.93. The summed E-state index contributed by atoms with van der Waals surface area (Å²) in [6.07, 6.45) is 1.07. The molecule has 0 aromatic heterocycles. The van der Waals surface area contributed by atoms with E-state index in [0.29, 0.717) is 12.8 Å². The average molecular weight is 228 g/mol. The van der Waals surface area contributed by atoms with Gasteiger partial charge in [0.1, 0.15) is 6.54 Å². The van der Waals surface area contributed by atoms with Crippen LogP contribution in [0.15, 0.2) is 30.3 Å². The zero-order valence-electron chi connectivity index (χ0n) is 10.3. The summed E-state index contributed by atoms with van der Waals surface area (Å²) in [5, 5.41) is 17.4. The Morgan fingerprint density at radius 3 is 2.00 bits per heavy atom. The van der Waals surface area contributed by atoms with Crippen molar-refractivity contribution in [3.63, 3.8) is 0 Å². The van der Waals surface area contributed by atoms with Crippen LogP contribution in [0.25, 0.3) is 0 Å². The first-order chi connectivity index (χ1) is 8.20. The quantitative estimate of drug-likeness (QED) is 0.702. The van der Waals surface area contributed by atoms with Crippen LogP contribution in [0.5, 0.6) is 0 Å². The number of nitriles is 2. The van der Waals surface area contributed by atoms with Crippen molar-refractivity contribution in [2.24, 2.45) is 0 Å². The molecule has 0 spiro atoms. The fourth-order valence-electron chi connectivity index (χ4n) is 1.93. The topological polar surface area (TPSA) is 47.6 Å². The minimum absolute atomic E-state index is 0.536. The largest absolute Gasteiger partial charge is 0.321 e. The zero-order chi connectivity index (χ0) is 12.6. The Balaban J connectivity index is 2.70. The SMILES string of the molecule is C[N+](CCC#N)(CCC#N)Cc1ccccc1. The van der Waals surface area contributed by atoms with Crippen molar-refractivity contribution >= 4 is 0 Å². The molecular formula is C14H18N3+. The molecule has 3 nitrogen and oxygen atoms in total. The maximum atomic E-state index is 8.70. The highest BCUT2D eigenvalue weighted by Gasteiger charge is 2.21. The van der Waals surface area contributed by atoms with E-state index in [9.17, 15) is 0 Å². The normalized spacial score (nSPS) is 10.5. The Hall–Kier alpha value is -1.84. The van der Waals surface area contributed by atoms with E-state index >= 15 is 0 Å². The summed E-state index contributed by atoms with van der Waals surface area (Å²) in [5.74, 6) is 0. The van der Waals surface area contributed by atoms with Crippen LogP contribution in [0, 0.1) is 22.7 Å². The highest BCUT2D eigenvalue weighted by Crippen LogP contribution is 2.13. The van der Waals surface area contributed by atoms with E-state index in [4.69, 9.17) is 10.5 Å². The molecule has 3 heteroatoms. The second-order valence-corrected chi connectivity index (χ2v) is 4.53. The second kappa shape index (κ2) is 6.68. The fraction of sp³-hybridized carbons (Fsp3) is 0.429. The summed E-state index contributed by atoms with van der Waals surface area (Å²) in [5.41, 5.74) is 1.26. The predicted octanol–water partition coefficient (Wildman–Crippen LogP) is 2.46. The van der Waals surface area contributed by atoms with Gasteiger partial charge in [0.25, 0.3) is 0 Å². The molecule has 0 aliphatic heterocycles. The second-order valence-electron chi connectivity index (χ2n) is 4.53. The molecule has 17 heavy (non-hydrogen) atoms. The van der Waals surface area contributed by atoms with Crippen molar-refractivity contribution in [1.82, 2.24) is 0 Å². The molecule has 0 fully saturated rings. The summed E-state index contributed by atoms with van der Waals surface area (Å²) >= 11 is 0. The van der Waals surface area contributed by atoms with Crippen LogP contribution in [0.3, 0.4) is 0 Å². The standard InChI is InChI=1S/C14H18N3/c1-17(11-5-9-15,12-6-10-16)13-14-7-3-2-4-8-14/h2-4,7-8H,5-6,11-13H2,1H3/q+1. The van der Waals surface area contributed by atoms with Gasteiger partial charge in [0, 0.05) is 5.56 Å². The lowest BCUT2D eigenvalue weighted by molar-refractivity contribution is -0.921. The first-order valence-corrected chi connectivity index (χ1v) is 5.81. The molecule has 1 aromatic carbocycles. The van der Waals surface area contributed by atoms with Gasteiger partial charge in [-0.1, -0.05) is 30.3 Å². The summed E-state index contributed by atoms with van der Waals surface area (Å²) in [7, 11) is 2.11. The maximum absolute atomic E-state index is 8.70. The highest BCUT2D eigenvalue weighted by atomic mass is 15.3. The molecule has 0 N–H and O–H groups in total. The van der Waals surface area contributed by atoms with Gasteiger partial charge in [0.05, 0.1) is 45.1 Å². The van der Waals surface area contributed by atoms with Gasteiger partial charge in [-0.3, -0.25) is 0 Å². The van der Waals surface area contributed by atoms with Gasteiger partial charge in [-0.15, -0.1) is 0 Å². The number of rotatable bonds is 6. The van der Waals surface area contributed by atoms with Gasteiger partial charge >= 0.3 is 0 Å². The molecule has 0 atom stereocenters. The zero-order valence-corrected chi connectivity index (χ0v) is 10.3. The molecule has 0 bridgehead atoms. The Labute approximate surface area is 103 Å². The molecule has 0 aliphatic rings. The number of nitrogens with zero attached hydrogens (tertiary/aromatic N) is 3. The third-order valence-electron chi connectivity index (χ3n) is 2.93. The van der Waals surface area contributed by atoms with Gasteiger partial charge in [-0.05, 0) is 0 Å². The molecule has 0 radical (unpaired) electrons. The predicted molar refractivity (Wildman–Crippen MR) is 66.5 cm³/mol. The van der Waals surface area contributed by atoms with Crippen LogP contribution in [-0.2, 0) is 6.54 Å². The van der Waals surface area contributed by atoms with Crippen LogP contribution in [0.4, 0.5) is 0 Å². The van der Waals surface area contributed by atoms with Crippen LogP contribution >= 0.6 is 0 Å². The molecule has 0 aliphatic carbocycles. The average Bonchev–Trinajstić information content (AvgIpc) is 2.35. The maximum Gasteiger partial charge on any atom is 0.104 e. The van der Waals surface area contributed by atoms with Gasteiger partial charge in [0.15, 0.2) is 0 Å². The van der Waals surface area contributed by atoms with E-state index in [1.807, 2.05) is 18.2 Å². The Morgan fingerprint density at radius 1 is 1.00 bits per heavy atom. The minimum atomic E-state index is 0.536. The first-order valence-electron chi connectivity index (χ1n) is 5.81. The van der Waals surface area contributed by atoms with E-state index in [0.717, 1.165) is 24.1 Å². The molecule has 0 unspecified atom stereocenters. The van der Waals surface area contributed by atoms with E-state index in [1.165, 1.54) is 5.56 Å². The summed E-state index contributed by atoms with van der Waals surface area (Å²) < 4.78 is 0.755. The molecule has 0 saturated carbocycles. The lowest BCUT2D eigenvalue weighted by Gasteiger charge is -2.33. The van der Waals surface area contributed by atoms with Crippen molar-refractivity contribution in [2.75, 3.05) is 20.1 Å². The molecule has 0 saturated heterocycles. The van der Waals surface area contributed by atoms with Gasteiger partial charge in [-0.2, -0.15) is 10.5 Å². The molecule has 88 valence electrons. The Kier molecular flexibility index (Phi) is 5.20. The number of hydrogen-bond acceptors (Lipinski definition) is 2. The number of quaternary nitrogens is 1. The smallest absolute Gasteiger partial charge is 0.104 e. The molecule has 0 heterocycles. The van der Waals surface area contributed by atoms with E-state index in [-0.39, 0.29) is 0 Å². The monoisotopic (exact) mass is 228 g/mol. The van der Waals surface area contributed by atoms with Crippen LogP contribution in [0.1, 0.15) is 18.4 Å². The molecular weight excluding hydrogens is 210 g/mol. The van der Waals surface area contributed by atoms with Crippen molar-refractivity contribution < 1.29 is 4.48 Å². The van der Waals surface area contributed by atoms with E-state index < -0.39 is 0 Å².